The normalized spacial score (nSPS) is 13.0. The third-order valence-corrected chi connectivity index (χ3v) is 14.3. The van der Waals surface area contributed by atoms with Crippen molar-refractivity contribution in [3.63, 3.8) is 0 Å². The molecule has 2 rings (SSSR count). The first-order chi connectivity index (χ1) is 19.1. The van der Waals surface area contributed by atoms with Gasteiger partial charge in [0.2, 0.25) is 0 Å². The number of hydrogen-bond donors (Lipinski definition) is 0. The van der Waals surface area contributed by atoms with Crippen molar-refractivity contribution in [2.75, 3.05) is 12.5 Å². The summed E-state index contributed by atoms with van der Waals surface area (Å²) in [5.41, 5.74) is 0. The Kier molecular flexibility index (Phi) is 13.8. The monoisotopic (exact) mass is 784 g/mol. The molecule has 0 aliphatic rings. The summed E-state index contributed by atoms with van der Waals surface area (Å²) in [7, 11) is -6.81. The highest BCUT2D eigenvalue weighted by atomic mass is 127. The van der Waals surface area contributed by atoms with Gasteiger partial charge in [0.25, 0.3) is 0 Å². The van der Waals surface area contributed by atoms with E-state index in [1.165, 1.54) is 48.5 Å². The largest absolute Gasteiger partial charge is 0.464 e. The van der Waals surface area contributed by atoms with E-state index < -0.39 is 60.0 Å². The van der Waals surface area contributed by atoms with Crippen LogP contribution >= 0.6 is 34.8 Å². The molecule has 2 aromatic rings. The molecule has 0 bridgehead atoms. The van der Waals surface area contributed by atoms with Crippen molar-refractivity contribution < 1.29 is 67.0 Å². The average Bonchev–Trinajstić information content (AvgIpc) is 2.86. The molecule has 0 unspecified atom stereocenters. The number of hydrogen-bond acceptors (Lipinski definition) is 5. The number of benzene rings is 2. The van der Waals surface area contributed by atoms with Crippen LogP contribution in [0, 0.1) is 7.14 Å². The first-order valence-corrected chi connectivity index (χ1v) is 17.8. The third kappa shape index (κ3) is 9.24. The van der Waals surface area contributed by atoms with Gasteiger partial charge in [0.05, 0.1) is 6.61 Å². The fourth-order valence-corrected chi connectivity index (χ4v) is 11.4. The predicted octanol–water partition coefficient (Wildman–Crippen LogP) is 5.30. The Morgan fingerprint density at radius 1 is 0.707 bits per heavy atom. The van der Waals surface area contributed by atoms with E-state index in [2.05, 4.69) is 4.74 Å². The van der Waals surface area contributed by atoms with E-state index in [1.807, 2.05) is 0 Å². The van der Waals surface area contributed by atoms with Gasteiger partial charge in [-0.3, -0.25) is 0 Å². The first kappa shape index (κ1) is 36.2. The minimum atomic E-state index is -6.81. The molecule has 0 aliphatic carbocycles. The number of carbonyl (C=O) groups excluding carboxylic acids is 1. The van der Waals surface area contributed by atoms with E-state index in [4.69, 9.17) is 37.3 Å². The van der Waals surface area contributed by atoms with Gasteiger partial charge in [-0.05, 0) is 63.9 Å². The molecule has 1 radical (unpaired) electrons. The molecule has 0 heterocycles. The molecule has 2 aromatic carbocycles. The van der Waals surface area contributed by atoms with Gasteiger partial charge in [-0.1, -0.05) is 55.3 Å². The molecule has 0 N–H and O–H groups in total. The summed E-state index contributed by atoms with van der Waals surface area (Å²) in [6.07, 6.45) is -9.24. The second-order valence-electron chi connectivity index (χ2n) is 8.62. The molecule has 0 fully saturated rings. The standard InChI is InChI=1S/C25H26Cl3F6IO5S/c26-16-6-4-2-1-3-5-7-17-39-22(36)23(24(29,30)31,25(32,33)34)41(37,38)40-35(20-12-8-18(27)9-13-20)21-14-10-19(28)11-15-21/h8-15H,1-7,16-17H2/q+1. The molecule has 0 amide bonds. The molecule has 0 atom stereocenters. The first-order valence-electron chi connectivity index (χ1n) is 12.1. The van der Waals surface area contributed by atoms with Crippen molar-refractivity contribution in [2.45, 2.75) is 62.0 Å². The van der Waals surface area contributed by atoms with Crippen LogP contribution < -0.4 is 20.2 Å². The average molecular weight is 786 g/mol. The van der Waals surface area contributed by atoms with Crippen LogP contribution in [0.4, 0.5) is 26.3 Å². The maximum Gasteiger partial charge on any atom is 0.430 e. The van der Waals surface area contributed by atoms with Crippen LogP contribution in [0.1, 0.15) is 44.9 Å². The van der Waals surface area contributed by atoms with Gasteiger partial charge in [0.15, 0.2) is 7.14 Å². The van der Waals surface area contributed by atoms with Gasteiger partial charge in [-0.15, -0.1) is 11.6 Å². The third-order valence-electron chi connectivity index (χ3n) is 5.62. The van der Waals surface area contributed by atoms with Crippen molar-refractivity contribution in [3.8, 4) is 0 Å². The number of carbonyl (C=O) groups is 1. The summed E-state index contributed by atoms with van der Waals surface area (Å²) in [6.45, 7) is -0.847. The van der Waals surface area contributed by atoms with Crippen molar-refractivity contribution >= 4 is 50.9 Å². The Balaban J connectivity index is 2.41. The van der Waals surface area contributed by atoms with Crippen LogP contribution in [0.5, 0.6) is 0 Å². The van der Waals surface area contributed by atoms with E-state index in [-0.39, 0.29) is 23.6 Å². The highest BCUT2D eigenvalue weighted by molar-refractivity contribution is 7.89. The molecule has 0 aliphatic heterocycles. The van der Waals surface area contributed by atoms with Crippen molar-refractivity contribution in [3.05, 3.63) is 65.7 Å². The minimum absolute atomic E-state index is 0.0119. The van der Waals surface area contributed by atoms with Crippen LogP contribution in [0.25, 0.3) is 0 Å². The second-order valence-corrected chi connectivity index (χ2v) is 16.5. The lowest BCUT2D eigenvalue weighted by Gasteiger charge is -2.32. The fourth-order valence-electron chi connectivity index (χ4n) is 3.54. The lowest BCUT2D eigenvalue weighted by molar-refractivity contribution is -1.03. The summed E-state index contributed by atoms with van der Waals surface area (Å²) >= 11 is 13.1. The minimum Gasteiger partial charge on any atom is -0.464 e. The molecular formula is C25H26Cl3F6IO5S+. The Morgan fingerprint density at radius 2 is 1.10 bits per heavy atom. The number of ether oxygens (including phenoxy) is 1. The van der Waals surface area contributed by atoms with Crippen LogP contribution in [-0.4, -0.2) is 44.0 Å². The Morgan fingerprint density at radius 3 is 1.49 bits per heavy atom. The van der Waals surface area contributed by atoms with E-state index in [9.17, 15) is 39.6 Å². The molecule has 0 saturated carbocycles. The number of unbranched alkanes of at least 4 members (excludes halogenated alkanes) is 6. The summed E-state index contributed by atoms with van der Waals surface area (Å²) < 4.78 is 115. The lowest BCUT2D eigenvalue weighted by atomic mass is 10.1. The molecular weight excluding hydrogens is 760 g/mol. The number of halogens is 10. The van der Waals surface area contributed by atoms with Gasteiger partial charge in [-0.2, -0.15) is 34.8 Å². The Hall–Kier alpha value is -1.00. The quantitative estimate of drug-likeness (QED) is 0.0808. The number of esters is 1. The zero-order chi connectivity index (χ0) is 30.9. The van der Waals surface area contributed by atoms with Crippen molar-refractivity contribution in [1.29, 1.82) is 0 Å². The predicted molar refractivity (Wildman–Crippen MR) is 139 cm³/mol. The number of rotatable bonds is 15. The Labute approximate surface area is 256 Å². The maximum absolute atomic E-state index is 14.2. The van der Waals surface area contributed by atoms with E-state index >= 15 is 0 Å². The Bertz CT molecular complexity index is 1170. The van der Waals surface area contributed by atoms with Crippen molar-refractivity contribution in [2.24, 2.45) is 0 Å². The summed E-state index contributed by atoms with van der Waals surface area (Å²) in [5, 5.41) is 0.338. The SMILES string of the molecule is O=C(OCCCCCCCCCCl)C(C(F)(F)F)(C(F)(F)F)S(=O)(=O)O[I+](c1ccc(Cl)cc1)c1ccc(Cl)cc1. The molecule has 231 valence electrons. The van der Waals surface area contributed by atoms with Crippen LogP contribution in [0.15, 0.2) is 48.5 Å². The number of alkyl halides is 7. The van der Waals surface area contributed by atoms with Gasteiger partial charge in [-0.25, -0.2) is 4.79 Å². The van der Waals surface area contributed by atoms with Gasteiger partial charge < -0.3 is 4.74 Å². The highest BCUT2D eigenvalue weighted by Crippen LogP contribution is 2.49. The van der Waals surface area contributed by atoms with E-state index in [0.717, 1.165) is 25.7 Å². The topological polar surface area (TPSA) is 69.7 Å². The van der Waals surface area contributed by atoms with Gasteiger partial charge in [0.1, 0.15) is 0 Å². The summed E-state index contributed by atoms with van der Waals surface area (Å²) in [5.74, 6) is -2.52. The summed E-state index contributed by atoms with van der Waals surface area (Å²) in [4.78, 5) is 12.6. The van der Waals surface area contributed by atoms with Crippen LogP contribution in [-0.2, 0) is 22.2 Å². The zero-order valence-electron chi connectivity index (χ0n) is 21.2. The fraction of sp³-hybridized carbons (Fsp3) is 0.480. The molecule has 0 saturated heterocycles. The summed E-state index contributed by atoms with van der Waals surface area (Å²) in [6, 6.07) is 9.92. The second kappa shape index (κ2) is 15.6. The van der Waals surface area contributed by atoms with E-state index in [0.29, 0.717) is 18.7 Å². The maximum atomic E-state index is 14.2. The molecule has 41 heavy (non-hydrogen) atoms. The van der Waals surface area contributed by atoms with Crippen molar-refractivity contribution in [1.82, 2.24) is 0 Å². The lowest BCUT2D eigenvalue weighted by Crippen LogP contribution is -3.85. The highest BCUT2D eigenvalue weighted by Gasteiger charge is 2.86. The molecule has 0 aromatic heterocycles. The van der Waals surface area contributed by atoms with Crippen LogP contribution in [0.2, 0.25) is 10.0 Å². The van der Waals surface area contributed by atoms with Crippen LogP contribution in [0.3, 0.4) is 0 Å². The molecule has 16 heteroatoms. The zero-order valence-corrected chi connectivity index (χ0v) is 26.5. The van der Waals surface area contributed by atoms with Gasteiger partial charge in [0, 0.05) is 15.9 Å². The smallest absolute Gasteiger partial charge is 0.430 e. The molecule has 5 nitrogen and oxygen atoms in total. The van der Waals surface area contributed by atoms with E-state index in [1.54, 1.807) is 0 Å². The molecule has 0 spiro atoms. The van der Waals surface area contributed by atoms with Gasteiger partial charge >= 0.3 is 53.4 Å².